The third-order valence-electron chi connectivity index (χ3n) is 2.70. The number of rotatable bonds is 8. The lowest BCUT2D eigenvalue weighted by atomic mass is 10.2. The largest absolute Gasteiger partial charge is 0.382 e. The zero-order valence-corrected chi connectivity index (χ0v) is 12.6. The molecule has 0 radical (unpaired) electrons. The predicted molar refractivity (Wildman–Crippen MR) is 82.6 cm³/mol. The van der Waals surface area contributed by atoms with E-state index in [0.29, 0.717) is 37.6 Å². The molecule has 3 amide bonds. The van der Waals surface area contributed by atoms with Gasteiger partial charge in [-0.15, -0.1) is 0 Å². The van der Waals surface area contributed by atoms with Crippen LogP contribution in [0.25, 0.3) is 0 Å². The zero-order valence-electron chi connectivity index (χ0n) is 12.6. The first-order chi connectivity index (χ1) is 10.2. The summed E-state index contributed by atoms with van der Waals surface area (Å²) in [4.78, 5) is 23.2. The van der Waals surface area contributed by atoms with Crippen LogP contribution in [-0.2, 0) is 4.74 Å². The van der Waals surface area contributed by atoms with E-state index in [2.05, 4.69) is 16.0 Å². The number of anilines is 1. The third-order valence-corrected chi connectivity index (χ3v) is 2.70. The molecule has 0 heterocycles. The molecule has 6 nitrogen and oxygen atoms in total. The van der Waals surface area contributed by atoms with Crippen molar-refractivity contribution in [2.45, 2.75) is 20.3 Å². The average molecular weight is 293 g/mol. The van der Waals surface area contributed by atoms with Crippen LogP contribution in [0.4, 0.5) is 10.5 Å². The molecule has 0 saturated carbocycles. The quantitative estimate of drug-likeness (QED) is 0.641. The van der Waals surface area contributed by atoms with Crippen molar-refractivity contribution in [2.24, 2.45) is 0 Å². The SMILES string of the molecule is CCNC(=O)c1ccc(NC(=O)NCCCOCC)cc1. The lowest BCUT2D eigenvalue weighted by molar-refractivity contribution is 0.0956. The smallest absolute Gasteiger partial charge is 0.319 e. The minimum absolute atomic E-state index is 0.121. The summed E-state index contributed by atoms with van der Waals surface area (Å²) >= 11 is 0. The molecular weight excluding hydrogens is 270 g/mol. The fourth-order valence-electron chi connectivity index (χ4n) is 1.66. The van der Waals surface area contributed by atoms with Gasteiger partial charge in [0.15, 0.2) is 0 Å². The molecule has 0 aliphatic heterocycles. The van der Waals surface area contributed by atoms with E-state index in [4.69, 9.17) is 4.74 Å². The lowest BCUT2D eigenvalue weighted by Crippen LogP contribution is -2.30. The molecular formula is C15H23N3O3. The number of hydrogen-bond acceptors (Lipinski definition) is 3. The van der Waals surface area contributed by atoms with Crippen molar-refractivity contribution < 1.29 is 14.3 Å². The number of carbonyl (C=O) groups is 2. The summed E-state index contributed by atoms with van der Waals surface area (Å²) in [6.07, 6.45) is 0.775. The van der Waals surface area contributed by atoms with Gasteiger partial charge in [0.2, 0.25) is 0 Å². The Morgan fingerprint density at radius 1 is 1.10 bits per heavy atom. The predicted octanol–water partition coefficient (Wildman–Crippen LogP) is 1.98. The maximum atomic E-state index is 11.6. The molecule has 6 heteroatoms. The number of hydrogen-bond donors (Lipinski definition) is 3. The highest BCUT2D eigenvalue weighted by atomic mass is 16.5. The van der Waals surface area contributed by atoms with E-state index >= 15 is 0 Å². The summed E-state index contributed by atoms with van der Waals surface area (Å²) in [5.41, 5.74) is 1.21. The Hall–Kier alpha value is -2.08. The first-order valence-electron chi connectivity index (χ1n) is 7.18. The molecule has 1 aromatic rings. The normalized spacial score (nSPS) is 10.0. The Kier molecular flexibility index (Phi) is 7.89. The van der Waals surface area contributed by atoms with Crippen molar-refractivity contribution in [2.75, 3.05) is 31.6 Å². The summed E-state index contributed by atoms with van der Waals surface area (Å²) in [7, 11) is 0. The van der Waals surface area contributed by atoms with Gasteiger partial charge in [-0.2, -0.15) is 0 Å². The summed E-state index contributed by atoms with van der Waals surface area (Å²) in [5.74, 6) is -0.121. The van der Waals surface area contributed by atoms with Crippen LogP contribution in [0.15, 0.2) is 24.3 Å². The van der Waals surface area contributed by atoms with Crippen molar-refractivity contribution in [1.82, 2.24) is 10.6 Å². The highest BCUT2D eigenvalue weighted by molar-refractivity contribution is 5.95. The molecule has 0 fully saturated rings. The van der Waals surface area contributed by atoms with Crippen LogP contribution in [0, 0.1) is 0 Å². The van der Waals surface area contributed by atoms with Crippen molar-refractivity contribution in [3.8, 4) is 0 Å². The van der Waals surface area contributed by atoms with Crippen molar-refractivity contribution >= 4 is 17.6 Å². The number of nitrogens with one attached hydrogen (secondary N) is 3. The molecule has 1 rings (SSSR count). The first kappa shape index (κ1) is 17.0. The second-order valence-electron chi connectivity index (χ2n) is 4.37. The summed E-state index contributed by atoms with van der Waals surface area (Å²) in [6, 6.07) is 6.48. The molecule has 21 heavy (non-hydrogen) atoms. The molecule has 0 aromatic heterocycles. The van der Waals surface area contributed by atoms with Crippen LogP contribution in [0.3, 0.4) is 0 Å². The second-order valence-corrected chi connectivity index (χ2v) is 4.37. The molecule has 0 unspecified atom stereocenters. The van der Waals surface area contributed by atoms with Gasteiger partial charge in [-0.3, -0.25) is 4.79 Å². The van der Waals surface area contributed by atoms with Crippen molar-refractivity contribution in [3.63, 3.8) is 0 Å². The van der Waals surface area contributed by atoms with Gasteiger partial charge in [0.25, 0.3) is 5.91 Å². The van der Waals surface area contributed by atoms with E-state index in [-0.39, 0.29) is 11.9 Å². The van der Waals surface area contributed by atoms with Gasteiger partial charge in [-0.25, -0.2) is 4.79 Å². The van der Waals surface area contributed by atoms with E-state index in [1.165, 1.54) is 0 Å². The van der Waals surface area contributed by atoms with E-state index in [1.54, 1.807) is 24.3 Å². The van der Waals surface area contributed by atoms with Gasteiger partial charge in [0.1, 0.15) is 0 Å². The number of benzene rings is 1. The topological polar surface area (TPSA) is 79.5 Å². The van der Waals surface area contributed by atoms with E-state index in [9.17, 15) is 9.59 Å². The summed E-state index contributed by atoms with van der Waals surface area (Å²) in [5, 5.41) is 8.16. The molecule has 0 spiro atoms. The monoisotopic (exact) mass is 293 g/mol. The van der Waals surface area contributed by atoms with Gasteiger partial charge in [-0.1, -0.05) is 0 Å². The Labute approximate surface area is 125 Å². The minimum atomic E-state index is -0.266. The van der Waals surface area contributed by atoms with Gasteiger partial charge in [-0.05, 0) is 44.5 Å². The number of ether oxygens (including phenoxy) is 1. The van der Waals surface area contributed by atoms with E-state index in [0.717, 1.165) is 6.42 Å². The Morgan fingerprint density at radius 3 is 2.43 bits per heavy atom. The standard InChI is InChI=1S/C15H23N3O3/c1-3-16-14(19)12-6-8-13(9-7-12)18-15(20)17-10-5-11-21-4-2/h6-9H,3-5,10-11H2,1-2H3,(H,16,19)(H2,17,18,20). The maximum Gasteiger partial charge on any atom is 0.319 e. The van der Waals surface area contributed by atoms with Crippen LogP contribution in [0.2, 0.25) is 0 Å². The number of urea groups is 1. The van der Waals surface area contributed by atoms with Crippen LogP contribution in [-0.4, -0.2) is 38.2 Å². The summed E-state index contributed by atoms with van der Waals surface area (Å²) < 4.78 is 5.18. The van der Waals surface area contributed by atoms with Crippen LogP contribution in [0.5, 0.6) is 0 Å². The Morgan fingerprint density at radius 2 is 1.81 bits per heavy atom. The van der Waals surface area contributed by atoms with Gasteiger partial charge < -0.3 is 20.7 Å². The van der Waals surface area contributed by atoms with E-state index < -0.39 is 0 Å². The molecule has 0 aliphatic rings. The minimum Gasteiger partial charge on any atom is -0.382 e. The van der Waals surface area contributed by atoms with Crippen LogP contribution < -0.4 is 16.0 Å². The molecule has 0 aliphatic carbocycles. The van der Waals surface area contributed by atoms with Crippen molar-refractivity contribution in [1.29, 1.82) is 0 Å². The molecule has 0 bridgehead atoms. The fraction of sp³-hybridized carbons (Fsp3) is 0.467. The van der Waals surface area contributed by atoms with E-state index in [1.807, 2.05) is 13.8 Å². The Balaban J connectivity index is 2.34. The summed E-state index contributed by atoms with van der Waals surface area (Å²) in [6.45, 7) is 6.27. The Bertz CT molecular complexity index is 446. The fourth-order valence-corrected chi connectivity index (χ4v) is 1.66. The van der Waals surface area contributed by atoms with Gasteiger partial charge in [0, 0.05) is 37.6 Å². The number of carbonyl (C=O) groups excluding carboxylic acids is 2. The first-order valence-corrected chi connectivity index (χ1v) is 7.18. The lowest BCUT2D eigenvalue weighted by Gasteiger charge is -2.08. The highest BCUT2D eigenvalue weighted by Crippen LogP contribution is 2.09. The molecule has 0 atom stereocenters. The van der Waals surface area contributed by atoms with Crippen LogP contribution in [0.1, 0.15) is 30.6 Å². The molecule has 1 aromatic carbocycles. The second kappa shape index (κ2) is 9.77. The maximum absolute atomic E-state index is 11.6. The average Bonchev–Trinajstić information content (AvgIpc) is 2.48. The molecule has 0 saturated heterocycles. The zero-order chi connectivity index (χ0) is 15.5. The molecule has 116 valence electrons. The van der Waals surface area contributed by atoms with Crippen LogP contribution >= 0.6 is 0 Å². The van der Waals surface area contributed by atoms with Gasteiger partial charge in [0.05, 0.1) is 0 Å². The van der Waals surface area contributed by atoms with Gasteiger partial charge >= 0.3 is 6.03 Å². The van der Waals surface area contributed by atoms with Crippen molar-refractivity contribution in [3.05, 3.63) is 29.8 Å². The molecule has 3 N–H and O–H groups in total. The number of amides is 3. The third kappa shape index (κ3) is 6.76. The highest BCUT2D eigenvalue weighted by Gasteiger charge is 2.05.